The van der Waals surface area contributed by atoms with Crippen LogP contribution in [0, 0.1) is 5.82 Å². The van der Waals surface area contributed by atoms with E-state index in [0.29, 0.717) is 19.0 Å². The van der Waals surface area contributed by atoms with Gasteiger partial charge in [0.1, 0.15) is 18.2 Å². The van der Waals surface area contributed by atoms with E-state index in [1.165, 1.54) is 16.4 Å². The van der Waals surface area contributed by atoms with Crippen molar-refractivity contribution in [3.8, 4) is 5.75 Å². The molecule has 0 aliphatic carbocycles. The van der Waals surface area contributed by atoms with Gasteiger partial charge in [0.05, 0.1) is 24.2 Å². The van der Waals surface area contributed by atoms with Crippen molar-refractivity contribution in [2.45, 2.75) is 24.5 Å². The topological polar surface area (TPSA) is 59.1 Å². The van der Waals surface area contributed by atoms with E-state index in [9.17, 15) is 12.8 Å². The summed E-state index contributed by atoms with van der Waals surface area (Å²) in [7, 11) is 0.187. The van der Waals surface area contributed by atoms with Gasteiger partial charge in [-0.3, -0.25) is 0 Å². The Morgan fingerprint density at radius 3 is 2.62 bits per heavy atom. The van der Waals surface area contributed by atoms with E-state index in [4.69, 9.17) is 9.47 Å². The van der Waals surface area contributed by atoms with Gasteiger partial charge in [-0.05, 0) is 63.0 Å². The molecule has 2 aromatic carbocycles. The van der Waals surface area contributed by atoms with Crippen LogP contribution in [0.2, 0.25) is 0 Å². The van der Waals surface area contributed by atoms with Crippen LogP contribution in [0.1, 0.15) is 24.1 Å². The quantitative estimate of drug-likeness (QED) is 0.642. The van der Waals surface area contributed by atoms with Crippen LogP contribution >= 0.6 is 0 Å². The van der Waals surface area contributed by atoms with Crippen molar-refractivity contribution in [2.24, 2.45) is 0 Å². The molecule has 2 aromatic rings. The maximum absolute atomic E-state index is 13.2. The molecule has 0 aromatic heterocycles. The summed E-state index contributed by atoms with van der Waals surface area (Å²) in [6.07, 6.45) is 0. The van der Waals surface area contributed by atoms with Crippen molar-refractivity contribution in [3.05, 3.63) is 59.4 Å². The molecule has 3 rings (SSSR count). The molecular weight excluding hydrogens is 395 g/mol. The molecule has 0 saturated carbocycles. The van der Waals surface area contributed by atoms with E-state index in [-0.39, 0.29) is 18.0 Å². The number of hydrogen-bond donors (Lipinski definition) is 0. The number of likely N-dealkylation sites (N-methyl/N-ethyl adjacent to an activating group) is 1. The highest BCUT2D eigenvalue weighted by molar-refractivity contribution is 7.89. The number of rotatable bonds is 7. The molecule has 0 unspecified atom stereocenters. The van der Waals surface area contributed by atoms with E-state index < -0.39 is 21.9 Å². The van der Waals surface area contributed by atoms with Crippen molar-refractivity contribution in [2.75, 3.05) is 40.4 Å². The normalized spacial score (nSPS) is 17.6. The standard InChI is InChI=1S/C21H27FN2O4S/c1-16-20-14-17(15-27-12-10-23(2)3)4-9-21(20)28-13-11-24(16)29(25,26)19-7-5-18(22)6-8-19/h4-9,14,16H,10-13,15H2,1-3H3/t16-/m0/s1. The summed E-state index contributed by atoms with van der Waals surface area (Å²) >= 11 is 0. The summed E-state index contributed by atoms with van der Waals surface area (Å²) in [5.74, 6) is 0.201. The molecule has 0 spiro atoms. The van der Waals surface area contributed by atoms with Crippen LogP contribution < -0.4 is 4.74 Å². The van der Waals surface area contributed by atoms with Gasteiger partial charge in [-0.2, -0.15) is 4.31 Å². The molecule has 0 N–H and O–H groups in total. The molecule has 1 aliphatic heterocycles. The first-order chi connectivity index (χ1) is 13.8. The largest absolute Gasteiger partial charge is 0.492 e. The fourth-order valence-electron chi connectivity index (χ4n) is 3.25. The van der Waals surface area contributed by atoms with Gasteiger partial charge >= 0.3 is 0 Å². The lowest BCUT2D eigenvalue weighted by atomic mass is 10.0. The summed E-state index contributed by atoms with van der Waals surface area (Å²) in [5, 5.41) is 0. The number of benzene rings is 2. The third kappa shape index (κ3) is 5.14. The zero-order valence-corrected chi connectivity index (χ0v) is 17.8. The number of halogens is 1. The van der Waals surface area contributed by atoms with Crippen LogP contribution in [-0.4, -0.2) is 58.0 Å². The summed E-state index contributed by atoms with van der Waals surface area (Å²) in [6.45, 7) is 4.18. The summed E-state index contributed by atoms with van der Waals surface area (Å²) < 4.78 is 52.4. The van der Waals surface area contributed by atoms with Crippen molar-refractivity contribution in [3.63, 3.8) is 0 Å². The lowest BCUT2D eigenvalue weighted by Crippen LogP contribution is -2.35. The molecule has 8 heteroatoms. The van der Waals surface area contributed by atoms with Gasteiger partial charge in [0.2, 0.25) is 10.0 Å². The number of hydrogen-bond acceptors (Lipinski definition) is 5. The van der Waals surface area contributed by atoms with E-state index >= 15 is 0 Å². The Bertz CT molecular complexity index is 932. The highest BCUT2D eigenvalue weighted by Gasteiger charge is 2.33. The maximum Gasteiger partial charge on any atom is 0.243 e. The fraction of sp³-hybridized carbons (Fsp3) is 0.429. The Labute approximate surface area is 171 Å². The van der Waals surface area contributed by atoms with E-state index in [0.717, 1.165) is 29.8 Å². The molecule has 0 bridgehead atoms. The Balaban J connectivity index is 1.83. The third-order valence-electron chi connectivity index (χ3n) is 4.90. The molecule has 29 heavy (non-hydrogen) atoms. The molecule has 0 fully saturated rings. The average molecular weight is 423 g/mol. The number of nitrogens with zero attached hydrogens (tertiary/aromatic N) is 2. The van der Waals surface area contributed by atoms with Crippen molar-refractivity contribution in [1.29, 1.82) is 0 Å². The maximum atomic E-state index is 13.2. The zero-order valence-electron chi connectivity index (χ0n) is 17.0. The molecule has 0 saturated heterocycles. The Morgan fingerprint density at radius 1 is 1.21 bits per heavy atom. The second-order valence-electron chi connectivity index (χ2n) is 7.32. The molecule has 1 aliphatic rings. The zero-order chi connectivity index (χ0) is 21.0. The second-order valence-corrected chi connectivity index (χ2v) is 9.21. The number of sulfonamides is 1. The lowest BCUT2D eigenvalue weighted by molar-refractivity contribution is 0.105. The SMILES string of the molecule is C[C@H]1c2cc(COCCN(C)C)ccc2OCCN1S(=O)(=O)c1ccc(F)cc1. The average Bonchev–Trinajstić information content (AvgIpc) is 2.85. The molecular formula is C21H27FN2O4S. The second kappa shape index (κ2) is 9.21. The summed E-state index contributed by atoms with van der Waals surface area (Å²) in [6, 6.07) is 10.2. The van der Waals surface area contributed by atoms with Gasteiger partial charge in [-0.1, -0.05) is 6.07 Å². The van der Waals surface area contributed by atoms with Gasteiger partial charge < -0.3 is 14.4 Å². The van der Waals surface area contributed by atoms with Gasteiger partial charge in [-0.15, -0.1) is 0 Å². The lowest BCUT2D eigenvalue weighted by Gasteiger charge is -2.26. The molecule has 1 atom stereocenters. The monoisotopic (exact) mass is 422 g/mol. The van der Waals surface area contributed by atoms with Crippen LogP contribution in [0.3, 0.4) is 0 Å². The van der Waals surface area contributed by atoms with Crippen LogP contribution in [0.15, 0.2) is 47.4 Å². The number of fused-ring (bicyclic) bond motifs is 1. The predicted molar refractivity (Wildman–Crippen MR) is 109 cm³/mol. The number of ether oxygens (including phenoxy) is 2. The smallest absolute Gasteiger partial charge is 0.243 e. The summed E-state index contributed by atoms with van der Waals surface area (Å²) in [5.41, 5.74) is 1.75. The van der Waals surface area contributed by atoms with Crippen molar-refractivity contribution in [1.82, 2.24) is 9.21 Å². The Kier molecular flexibility index (Phi) is 6.89. The molecule has 6 nitrogen and oxygen atoms in total. The van der Waals surface area contributed by atoms with Gasteiger partial charge in [0, 0.05) is 18.7 Å². The molecule has 0 radical (unpaired) electrons. The van der Waals surface area contributed by atoms with Crippen molar-refractivity contribution >= 4 is 10.0 Å². The minimum atomic E-state index is -3.79. The first-order valence-electron chi connectivity index (χ1n) is 9.54. The highest BCUT2D eigenvalue weighted by Crippen LogP contribution is 2.35. The van der Waals surface area contributed by atoms with E-state index in [1.807, 2.05) is 44.1 Å². The molecule has 1 heterocycles. The van der Waals surface area contributed by atoms with E-state index in [1.54, 1.807) is 0 Å². The molecule has 158 valence electrons. The van der Waals surface area contributed by atoms with Crippen LogP contribution in [0.4, 0.5) is 4.39 Å². The molecule has 0 amide bonds. The van der Waals surface area contributed by atoms with Crippen LogP contribution in [0.25, 0.3) is 0 Å². The fourth-order valence-corrected chi connectivity index (χ4v) is 4.84. The predicted octanol–water partition coefficient (Wildman–Crippen LogP) is 3.05. The first kappa shape index (κ1) is 21.7. The Hall–Kier alpha value is -2.00. The van der Waals surface area contributed by atoms with Gasteiger partial charge in [-0.25, -0.2) is 12.8 Å². The van der Waals surface area contributed by atoms with Crippen LogP contribution in [0.5, 0.6) is 5.75 Å². The summed E-state index contributed by atoms with van der Waals surface area (Å²) in [4.78, 5) is 2.11. The van der Waals surface area contributed by atoms with Gasteiger partial charge in [0.25, 0.3) is 0 Å². The minimum Gasteiger partial charge on any atom is -0.492 e. The Morgan fingerprint density at radius 2 is 1.93 bits per heavy atom. The van der Waals surface area contributed by atoms with E-state index in [2.05, 4.69) is 0 Å². The van der Waals surface area contributed by atoms with Gasteiger partial charge in [0.15, 0.2) is 0 Å². The van der Waals surface area contributed by atoms with Crippen molar-refractivity contribution < 1.29 is 22.3 Å². The third-order valence-corrected chi connectivity index (χ3v) is 6.88. The minimum absolute atomic E-state index is 0.0670. The van der Waals surface area contributed by atoms with Crippen LogP contribution in [-0.2, 0) is 21.4 Å². The highest BCUT2D eigenvalue weighted by atomic mass is 32.2. The first-order valence-corrected chi connectivity index (χ1v) is 11.0.